The lowest BCUT2D eigenvalue weighted by Gasteiger charge is -2.28. The minimum Gasteiger partial charge on any atom is -0.378 e. The molecule has 7 nitrogen and oxygen atoms in total. The van der Waals surface area contributed by atoms with Gasteiger partial charge in [-0.25, -0.2) is 4.98 Å². The Balaban J connectivity index is 1.39. The third-order valence-corrected chi connectivity index (χ3v) is 5.70. The van der Waals surface area contributed by atoms with E-state index < -0.39 is 5.92 Å². The monoisotopic (exact) mass is 394 g/mol. The zero-order chi connectivity index (χ0) is 20.4. The van der Waals surface area contributed by atoms with Crippen LogP contribution in [0.5, 0.6) is 0 Å². The highest BCUT2D eigenvalue weighted by atomic mass is 16.5. The summed E-state index contributed by atoms with van der Waals surface area (Å²) < 4.78 is 5.36. The third-order valence-electron chi connectivity index (χ3n) is 5.70. The van der Waals surface area contributed by atoms with Crippen LogP contribution in [-0.2, 0) is 14.3 Å². The second kappa shape index (κ2) is 8.21. The van der Waals surface area contributed by atoms with E-state index in [1.807, 2.05) is 38.1 Å². The molecule has 1 unspecified atom stereocenters. The van der Waals surface area contributed by atoms with Crippen molar-refractivity contribution < 1.29 is 14.3 Å². The van der Waals surface area contributed by atoms with Gasteiger partial charge in [0, 0.05) is 25.3 Å². The van der Waals surface area contributed by atoms with Gasteiger partial charge in [0.1, 0.15) is 11.7 Å². The largest absolute Gasteiger partial charge is 0.378 e. The molecule has 2 aliphatic heterocycles. The van der Waals surface area contributed by atoms with Gasteiger partial charge in [0.2, 0.25) is 11.8 Å². The maximum atomic E-state index is 12.8. The second-order valence-corrected chi connectivity index (χ2v) is 7.59. The minimum atomic E-state index is -0.683. The molecule has 0 saturated carbocycles. The van der Waals surface area contributed by atoms with E-state index in [0.717, 1.165) is 30.0 Å². The standard InChI is InChI=1S/C22H26N4O3/c1-15-3-4-17(13-16(15)2)26-8-7-19(22(26)28)21(27)24-20-6-5-18(14-23-20)25-9-11-29-12-10-25/h3-6,13-14,19H,7-12H2,1-2H3,(H,23,24,27). The van der Waals surface area contributed by atoms with Crippen molar-refractivity contribution in [1.29, 1.82) is 0 Å². The summed E-state index contributed by atoms with van der Waals surface area (Å²) >= 11 is 0. The molecule has 29 heavy (non-hydrogen) atoms. The molecular weight excluding hydrogens is 368 g/mol. The Kier molecular flexibility index (Phi) is 5.49. The third kappa shape index (κ3) is 4.10. The summed E-state index contributed by atoms with van der Waals surface area (Å²) in [5.41, 5.74) is 4.17. The number of aromatic nitrogens is 1. The molecule has 1 N–H and O–H groups in total. The number of anilines is 3. The quantitative estimate of drug-likeness (QED) is 0.807. The average molecular weight is 394 g/mol. The van der Waals surface area contributed by atoms with Crippen molar-refractivity contribution >= 4 is 29.0 Å². The van der Waals surface area contributed by atoms with Crippen LogP contribution < -0.4 is 15.1 Å². The van der Waals surface area contributed by atoms with Crippen LogP contribution in [0.15, 0.2) is 36.5 Å². The van der Waals surface area contributed by atoms with Crippen molar-refractivity contribution in [3.63, 3.8) is 0 Å². The van der Waals surface area contributed by atoms with Gasteiger partial charge in [0.05, 0.1) is 25.1 Å². The van der Waals surface area contributed by atoms with Crippen LogP contribution in [-0.4, -0.2) is 49.6 Å². The van der Waals surface area contributed by atoms with E-state index in [0.29, 0.717) is 32.0 Å². The summed E-state index contributed by atoms with van der Waals surface area (Å²) in [5.74, 6) is -0.676. The zero-order valence-corrected chi connectivity index (χ0v) is 16.9. The Bertz CT molecular complexity index is 907. The molecule has 0 aliphatic carbocycles. The van der Waals surface area contributed by atoms with Gasteiger partial charge in [-0.15, -0.1) is 0 Å². The first-order valence-electron chi connectivity index (χ1n) is 10.0. The summed E-state index contributed by atoms with van der Waals surface area (Å²) in [4.78, 5) is 33.8. The predicted octanol–water partition coefficient (Wildman–Crippen LogP) is 2.53. The predicted molar refractivity (Wildman–Crippen MR) is 112 cm³/mol. The van der Waals surface area contributed by atoms with Crippen LogP contribution in [0.25, 0.3) is 0 Å². The molecule has 1 aromatic heterocycles. The summed E-state index contributed by atoms with van der Waals surface area (Å²) in [5, 5.41) is 2.80. The topological polar surface area (TPSA) is 74.8 Å². The molecule has 2 amide bonds. The van der Waals surface area contributed by atoms with Crippen LogP contribution in [0, 0.1) is 19.8 Å². The SMILES string of the molecule is Cc1ccc(N2CCC(C(=O)Nc3ccc(N4CCOCC4)cn3)C2=O)cc1C. The first-order chi connectivity index (χ1) is 14.0. The number of carbonyl (C=O) groups is 2. The lowest BCUT2D eigenvalue weighted by Crippen LogP contribution is -2.36. The fraction of sp³-hybridized carbons (Fsp3) is 0.409. The number of carbonyl (C=O) groups excluding carboxylic acids is 2. The number of morpholine rings is 1. The Morgan fingerprint density at radius 2 is 1.83 bits per heavy atom. The Labute approximate surface area is 170 Å². The molecule has 2 aromatic rings. The molecule has 4 rings (SSSR count). The molecule has 1 atom stereocenters. The number of pyridine rings is 1. The number of aryl methyl sites for hydroxylation is 2. The number of hydrogen-bond donors (Lipinski definition) is 1. The van der Waals surface area contributed by atoms with Crippen LogP contribution in [0.4, 0.5) is 17.2 Å². The molecule has 3 heterocycles. The molecule has 0 bridgehead atoms. The van der Waals surface area contributed by atoms with Gasteiger partial charge in [-0.05, 0) is 55.7 Å². The zero-order valence-electron chi connectivity index (χ0n) is 16.9. The van der Waals surface area contributed by atoms with E-state index in [1.165, 1.54) is 5.56 Å². The highest BCUT2D eigenvalue weighted by Gasteiger charge is 2.37. The van der Waals surface area contributed by atoms with Gasteiger partial charge < -0.3 is 19.9 Å². The number of rotatable bonds is 4. The van der Waals surface area contributed by atoms with Crippen LogP contribution in [0.2, 0.25) is 0 Å². The fourth-order valence-corrected chi connectivity index (χ4v) is 3.76. The van der Waals surface area contributed by atoms with Gasteiger partial charge in [0.15, 0.2) is 0 Å². The first-order valence-corrected chi connectivity index (χ1v) is 10.0. The van der Waals surface area contributed by atoms with E-state index >= 15 is 0 Å². The number of nitrogens with one attached hydrogen (secondary N) is 1. The van der Waals surface area contributed by atoms with Crippen LogP contribution >= 0.6 is 0 Å². The van der Waals surface area contributed by atoms with Crippen molar-refractivity contribution in [3.05, 3.63) is 47.7 Å². The van der Waals surface area contributed by atoms with Gasteiger partial charge in [0.25, 0.3) is 0 Å². The van der Waals surface area contributed by atoms with Gasteiger partial charge in [-0.3, -0.25) is 9.59 Å². The number of nitrogens with zero attached hydrogens (tertiary/aromatic N) is 3. The van der Waals surface area contributed by atoms with E-state index in [9.17, 15) is 9.59 Å². The summed E-state index contributed by atoms with van der Waals surface area (Å²) in [6.45, 7) is 7.69. The van der Waals surface area contributed by atoms with E-state index in [1.54, 1.807) is 17.2 Å². The molecule has 2 aliphatic rings. The summed E-state index contributed by atoms with van der Waals surface area (Å²) in [7, 11) is 0. The Morgan fingerprint density at radius 1 is 1.07 bits per heavy atom. The molecule has 2 fully saturated rings. The highest BCUT2D eigenvalue weighted by molar-refractivity contribution is 6.13. The molecule has 0 radical (unpaired) electrons. The van der Waals surface area contributed by atoms with Crippen molar-refractivity contribution in [3.8, 4) is 0 Å². The van der Waals surface area contributed by atoms with E-state index in [-0.39, 0.29) is 11.8 Å². The van der Waals surface area contributed by atoms with Crippen LogP contribution in [0.1, 0.15) is 17.5 Å². The number of amides is 2. The number of benzene rings is 1. The van der Waals surface area contributed by atoms with E-state index in [4.69, 9.17) is 4.74 Å². The number of hydrogen-bond acceptors (Lipinski definition) is 5. The molecule has 7 heteroatoms. The highest BCUT2D eigenvalue weighted by Crippen LogP contribution is 2.28. The first kappa shape index (κ1) is 19.4. The van der Waals surface area contributed by atoms with Crippen LogP contribution in [0.3, 0.4) is 0 Å². The lowest BCUT2D eigenvalue weighted by atomic mass is 10.1. The molecule has 1 aromatic carbocycles. The molecule has 0 spiro atoms. The molecule has 152 valence electrons. The number of ether oxygens (including phenoxy) is 1. The maximum Gasteiger partial charge on any atom is 0.239 e. The van der Waals surface area contributed by atoms with Crippen molar-refractivity contribution in [2.45, 2.75) is 20.3 Å². The second-order valence-electron chi connectivity index (χ2n) is 7.59. The lowest BCUT2D eigenvalue weighted by molar-refractivity contribution is -0.129. The Morgan fingerprint density at radius 3 is 2.52 bits per heavy atom. The Hall–Kier alpha value is -2.93. The molecule has 2 saturated heterocycles. The van der Waals surface area contributed by atoms with Gasteiger partial charge in [-0.1, -0.05) is 6.07 Å². The average Bonchev–Trinajstić information content (AvgIpc) is 3.13. The summed E-state index contributed by atoms with van der Waals surface area (Å²) in [6, 6.07) is 9.66. The van der Waals surface area contributed by atoms with Gasteiger partial charge in [-0.2, -0.15) is 0 Å². The summed E-state index contributed by atoms with van der Waals surface area (Å²) in [6.07, 6.45) is 2.25. The molecular formula is C22H26N4O3. The minimum absolute atomic E-state index is 0.157. The maximum absolute atomic E-state index is 12.8. The van der Waals surface area contributed by atoms with Gasteiger partial charge >= 0.3 is 0 Å². The van der Waals surface area contributed by atoms with Crippen molar-refractivity contribution in [2.75, 3.05) is 48.0 Å². The van der Waals surface area contributed by atoms with E-state index in [2.05, 4.69) is 15.2 Å². The van der Waals surface area contributed by atoms with Crippen molar-refractivity contribution in [2.24, 2.45) is 5.92 Å². The van der Waals surface area contributed by atoms with Crippen molar-refractivity contribution in [1.82, 2.24) is 4.98 Å². The fourth-order valence-electron chi connectivity index (χ4n) is 3.76. The normalized spacial score (nSPS) is 19.5. The smallest absolute Gasteiger partial charge is 0.239 e.